The van der Waals surface area contributed by atoms with E-state index in [-0.39, 0.29) is 17.4 Å². The number of aliphatic imine (C=N–C) groups is 1. The number of amidine groups is 1. The minimum Gasteiger partial charge on any atom is -0.507 e. The summed E-state index contributed by atoms with van der Waals surface area (Å²) >= 11 is 0. The van der Waals surface area contributed by atoms with Gasteiger partial charge in [0.2, 0.25) is 0 Å². The van der Waals surface area contributed by atoms with Gasteiger partial charge in [-0.1, -0.05) is 42.5 Å². The van der Waals surface area contributed by atoms with Gasteiger partial charge >= 0.3 is 0 Å². The van der Waals surface area contributed by atoms with Crippen molar-refractivity contribution in [3.63, 3.8) is 0 Å². The largest absolute Gasteiger partial charge is 0.507 e. The second-order valence-corrected chi connectivity index (χ2v) is 5.49. The topological polar surface area (TPSA) is 58.6 Å². The minimum absolute atomic E-state index is 0.0690. The van der Waals surface area contributed by atoms with E-state index in [2.05, 4.69) is 4.99 Å². The lowest BCUT2D eigenvalue weighted by molar-refractivity contribution is 0.512. The Hall–Kier alpha value is -3.40. The molecule has 25 heavy (non-hydrogen) atoms. The number of halogens is 1. The summed E-state index contributed by atoms with van der Waals surface area (Å²) in [5.41, 5.74) is 9.17. The van der Waals surface area contributed by atoms with Gasteiger partial charge < -0.3 is 10.8 Å². The standard InChI is InChI=1S/C21H17FN2O/c22-18-11-9-16(10-12-18)20(25)14-21(23)24-19-8-4-7-17(13-19)15-5-2-1-3-6-15/h1-14,25H,(H2,23,24)/b20-14-. The first-order chi connectivity index (χ1) is 12.1. The normalized spacial score (nSPS) is 12.2. The van der Waals surface area contributed by atoms with Crippen LogP contribution >= 0.6 is 0 Å². The predicted molar refractivity (Wildman–Crippen MR) is 100 cm³/mol. The van der Waals surface area contributed by atoms with Gasteiger partial charge in [0.1, 0.15) is 17.4 Å². The van der Waals surface area contributed by atoms with Crippen LogP contribution in [0.25, 0.3) is 16.9 Å². The second-order valence-electron chi connectivity index (χ2n) is 5.49. The smallest absolute Gasteiger partial charge is 0.127 e. The Balaban J connectivity index is 1.85. The molecular weight excluding hydrogens is 315 g/mol. The van der Waals surface area contributed by atoms with E-state index in [9.17, 15) is 9.50 Å². The average Bonchev–Trinajstić information content (AvgIpc) is 2.63. The van der Waals surface area contributed by atoms with Crippen LogP contribution < -0.4 is 5.73 Å². The first-order valence-electron chi connectivity index (χ1n) is 7.78. The van der Waals surface area contributed by atoms with E-state index in [0.29, 0.717) is 11.3 Å². The molecule has 0 aliphatic carbocycles. The number of aliphatic hydroxyl groups is 1. The highest BCUT2D eigenvalue weighted by Gasteiger charge is 2.02. The maximum atomic E-state index is 12.9. The molecule has 3 rings (SSSR count). The molecular formula is C21H17FN2O. The molecule has 0 aliphatic rings. The summed E-state index contributed by atoms with van der Waals surface area (Å²) < 4.78 is 12.9. The summed E-state index contributed by atoms with van der Waals surface area (Å²) in [7, 11) is 0. The average molecular weight is 332 g/mol. The number of rotatable bonds is 4. The molecule has 0 bridgehead atoms. The van der Waals surface area contributed by atoms with Gasteiger partial charge in [-0.15, -0.1) is 0 Å². The van der Waals surface area contributed by atoms with E-state index in [0.717, 1.165) is 11.1 Å². The van der Waals surface area contributed by atoms with Crippen molar-refractivity contribution in [1.82, 2.24) is 0 Å². The molecule has 3 nitrogen and oxygen atoms in total. The summed E-state index contributed by atoms with van der Waals surface area (Å²) in [5, 5.41) is 10.1. The molecule has 0 radical (unpaired) electrons. The lowest BCUT2D eigenvalue weighted by atomic mass is 10.1. The Morgan fingerprint density at radius 1 is 0.880 bits per heavy atom. The van der Waals surface area contributed by atoms with Crippen molar-refractivity contribution in [2.75, 3.05) is 0 Å². The van der Waals surface area contributed by atoms with Crippen LogP contribution in [-0.4, -0.2) is 10.9 Å². The second kappa shape index (κ2) is 7.45. The van der Waals surface area contributed by atoms with Crippen molar-refractivity contribution >= 4 is 17.3 Å². The molecule has 0 saturated heterocycles. The zero-order valence-electron chi connectivity index (χ0n) is 13.4. The molecule has 3 N–H and O–H groups in total. The van der Waals surface area contributed by atoms with Crippen LogP contribution in [0.3, 0.4) is 0 Å². The molecule has 3 aromatic carbocycles. The van der Waals surface area contributed by atoms with Crippen LogP contribution in [0.1, 0.15) is 5.56 Å². The molecule has 0 aliphatic heterocycles. The van der Waals surface area contributed by atoms with Crippen molar-refractivity contribution < 1.29 is 9.50 Å². The van der Waals surface area contributed by atoms with Crippen LogP contribution in [0.5, 0.6) is 0 Å². The van der Waals surface area contributed by atoms with Crippen molar-refractivity contribution in [3.8, 4) is 11.1 Å². The van der Waals surface area contributed by atoms with E-state index in [1.807, 2.05) is 54.6 Å². The molecule has 0 aromatic heterocycles. The molecule has 0 amide bonds. The van der Waals surface area contributed by atoms with Gasteiger partial charge in [0, 0.05) is 11.6 Å². The predicted octanol–water partition coefficient (Wildman–Crippen LogP) is 5.08. The first-order valence-corrected chi connectivity index (χ1v) is 7.78. The number of hydrogen-bond acceptors (Lipinski definition) is 2. The SMILES string of the molecule is NC(/C=C(\O)c1ccc(F)cc1)=Nc1cccc(-c2ccccc2)c1. The van der Waals surface area contributed by atoms with Crippen LogP contribution in [0.2, 0.25) is 0 Å². The lowest BCUT2D eigenvalue weighted by Crippen LogP contribution is -2.08. The lowest BCUT2D eigenvalue weighted by Gasteiger charge is -2.04. The summed E-state index contributed by atoms with van der Waals surface area (Å²) in [6.45, 7) is 0. The zero-order valence-corrected chi connectivity index (χ0v) is 13.4. The van der Waals surface area contributed by atoms with Crippen LogP contribution in [0.15, 0.2) is 89.9 Å². The molecule has 0 saturated carbocycles. The summed E-state index contributed by atoms with van der Waals surface area (Å²) in [5.74, 6) is -0.275. The fourth-order valence-electron chi connectivity index (χ4n) is 2.41. The Bertz CT molecular complexity index is 916. The Morgan fingerprint density at radius 2 is 1.56 bits per heavy atom. The van der Waals surface area contributed by atoms with Crippen molar-refractivity contribution in [2.24, 2.45) is 10.7 Å². The fraction of sp³-hybridized carbons (Fsp3) is 0. The summed E-state index contributed by atoms with van der Waals surface area (Å²) in [6.07, 6.45) is 1.35. The number of benzene rings is 3. The van der Waals surface area contributed by atoms with Crippen LogP contribution in [0, 0.1) is 5.82 Å². The molecule has 0 heterocycles. The molecule has 0 unspecified atom stereocenters. The monoisotopic (exact) mass is 332 g/mol. The zero-order chi connectivity index (χ0) is 17.6. The van der Waals surface area contributed by atoms with Gasteiger partial charge in [-0.3, -0.25) is 0 Å². The third-order valence-electron chi connectivity index (χ3n) is 3.64. The van der Waals surface area contributed by atoms with Crippen LogP contribution in [0.4, 0.5) is 10.1 Å². The number of nitrogens with zero attached hydrogens (tertiary/aromatic N) is 1. The van der Waals surface area contributed by atoms with E-state index in [1.165, 1.54) is 30.3 Å². The Kier molecular flexibility index (Phi) is 4.90. The van der Waals surface area contributed by atoms with Gasteiger partial charge in [-0.2, -0.15) is 0 Å². The van der Waals surface area contributed by atoms with E-state index < -0.39 is 0 Å². The molecule has 4 heteroatoms. The molecule has 0 spiro atoms. The maximum Gasteiger partial charge on any atom is 0.127 e. The quantitative estimate of drug-likeness (QED) is 0.397. The molecule has 3 aromatic rings. The molecule has 0 atom stereocenters. The highest BCUT2D eigenvalue weighted by molar-refractivity contribution is 5.98. The van der Waals surface area contributed by atoms with Gasteiger partial charge in [0.25, 0.3) is 0 Å². The van der Waals surface area contributed by atoms with Gasteiger partial charge in [0.15, 0.2) is 0 Å². The Morgan fingerprint density at radius 3 is 2.28 bits per heavy atom. The number of hydrogen-bond donors (Lipinski definition) is 2. The highest BCUT2D eigenvalue weighted by atomic mass is 19.1. The van der Waals surface area contributed by atoms with Crippen molar-refractivity contribution in [2.45, 2.75) is 0 Å². The third-order valence-corrected chi connectivity index (χ3v) is 3.64. The van der Waals surface area contributed by atoms with Crippen molar-refractivity contribution in [3.05, 3.63) is 96.3 Å². The first kappa shape index (κ1) is 16.5. The molecule has 0 fully saturated rings. The van der Waals surface area contributed by atoms with Crippen molar-refractivity contribution in [1.29, 1.82) is 0 Å². The number of nitrogens with two attached hydrogens (primary N) is 1. The minimum atomic E-state index is -0.365. The summed E-state index contributed by atoms with van der Waals surface area (Å²) in [4.78, 5) is 4.31. The fourth-order valence-corrected chi connectivity index (χ4v) is 2.41. The molecule has 124 valence electrons. The van der Waals surface area contributed by atoms with E-state index in [1.54, 1.807) is 0 Å². The number of aliphatic hydroxyl groups excluding tert-OH is 1. The van der Waals surface area contributed by atoms with Gasteiger partial charge in [0.05, 0.1) is 5.69 Å². The highest BCUT2D eigenvalue weighted by Crippen LogP contribution is 2.24. The maximum absolute atomic E-state index is 12.9. The third kappa shape index (κ3) is 4.32. The van der Waals surface area contributed by atoms with Crippen LogP contribution in [-0.2, 0) is 0 Å². The van der Waals surface area contributed by atoms with Gasteiger partial charge in [-0.05, 0) is 47.5 Å². The van der Waals surface area contributed by atoms with E-state index >= 15 is 0 Å². The Labute approximate surface area is 145 Å². The summed E-state index contributed by atoms with van der Waals surface area (Å²) in [6, 6.07) is 23.1. The van der Waals surface area contributed by atoms with Gasteiger partial charge in [-0.25, -0.2) is 9.38 Å². The van der Waals surface area contributed by atoms with E-state index in [4.69, 9.17) is 5.73 Å².